The molecule has 10 nitrogen and oxygen atoms in total. The standard InChI is InChI=1S/C38H47N5O5/c1-24(2)43(33(23-47-22-27-14-10-8-11-15-27)35-40-21-32(41-35)28-16-12-9-13-17-28)36(45)31(42-37(46)48-38(5,6)7)20-30-25(3)18-29(34(39)44)19-26(30)4/h8-19,21,24,31,33H,20,22-23H2,1-7H3,(H2,39,44)(H,40,41)(H,42,46)/t31-,33-/m0/s1. The first-order valence-corrected chi connectivity index (χ1v) is 16.2. The molecule has 0 radical (unpaired) electrons. The first-order valence-electron chi connectivity index (χ1n) is 16.2. The van der Waals surface area contributed by atoms with E-state index in [0.29, 0.717) is 18.0 Å². The van der Waals surface area contributed by atoms with Crippen LogP contribution in [0.2, 0.25) is 0 Å². The van der Waals surface area contributed by atoms with Gasteiger partial charge in [0.25, 0.3) is 0 Å². The van der Waals surface area contributed by atoms with Crippen molar-refractivity contribution < 1.29 is 23.9 Å². The summed E-state index contributed by atoms with van der Waals surface area (Å²) in [4.78, 5) is 49.8. The Morgan fingerprint density at radius 1 is 0.958 bits per heavy atom. The Morgan fingerprint density at radius 2 is 1.56 bits per heavy atom. The zero-order chi connectivity index (χ0) is 35.0. The lowest BCUT2D eigenvalue weighted by molar-refractivity contribution is -0.140. The Balaban J connectivity index is 1.74. The van der Waals surface area contributed by atoms with E-state index in [2.05, 4.69) is 10.3 Å². The molecule has 4 N–H and O–H groups in total. The lowest BCUT2D eigenvalue weighted by Gasteiger charge is -2.37. The second-order valence-corrected chi connectivity index (χ2v) is 13.3. The predicted octanol–water partition coefficient (Wildman–Crippen LogP) is 6.42. The maximum Gasteiger partial charge on any atom is 0.408 e. The zero-order valence-electron chi connectivity index (χ0n) is 28.9. The fourth-order valence-corrected chi connectivity index (χ4v) is 5.68. The minimum atomic E-state index is -1.01. The summed E-state index contributed by atoms with van der Waals surface area (Å²) < 4.78 is 11.8. The SMILES string of the molecule is Cc1cc(C(N)=O)cc(C)c1C[C@H](NC(=O)OC(C)(C)C)C(=O)N(C(C)C)[C@@H](COCc1ccccc1)c1ncc(-c2ccccc2)[nH]1. The average molecular weight is 654 g/mol. The van der Waals surface area contributed by atoms with Crippen LogP contribution >= 0.6 is 0 Å². The highest BCUT2D eigenvalue weighted by Gasteiger charge is 2.36. The second kappa shape index (κ2) is 15.8. The highest BCUT2D eigenvalue weighted by molar-refractivity contribution is 5.93. The maximum atomic E-state index is 14.8. The number of imidazole rings is 1. The summed E-state index contributed by atoms with van der Waals surface area (Å²) in [5.74, 6) is -0.317. The van der Waals surface area contributed by atoms with Gasteiger partial charge in [-0.1, -0.05) is 60.7 Å². The van der Waals surface area contributed by atoms with Gasteiger partial charge < -0.3 is 30.4 Å². The lowest BCUT2D eigenvalue weighted by atomic mass is 9.93. The average Bonchev–Trinajstić information content (AvgIpc) is 3.51. The largest absolute Gasteiger partial charge is 0.444 e. The van der Waals surface area contributed by atoms with Crippen molar-refractivity contribution in [1.82, 2.24) is 20.2 Å². The van der Waals surface area contributed by atoms with Gasteiger partial charge in [-0.3, -0.25) is 9.59 Å². The van der Waals surface area contributed by atoms with Crippen molar-refractivity contribution in [1.29, 1.82) is 0 Å². The third-order valence-electron chi connectivity index (χ3n) is 7.91. The number of carbonyl (C=O) groups is 3. The topological polar surface area (TPSA) is 140 Å². The van der Waals surface area contributed by atoms with Gasteiger partial charge in [-0.15, -0.1) is 0 Å². The van der Waals surface area contributed by atoms with Crippen LogP contribution in [0.4, 0.5) is 4.79 Å². The van der Waals surface area contributed by atoms with Gasteiger partial charge in [0.05, 0.1) is 25.1 Å². The molecular weight excluding hydrogens is 606 g/mol. The van der Waals surface area contributed by atoms with Gasteiger partial charge in [0.1, 0.15) is 23.5 Å². The van der Waals surface area contributed by atoms with Crippen molar-refractivity contribution in [2.75, 3.05) is 6.61 Å². The van der Waals surface area contributed by atoms with Gasteiger partial charge in [-0.2, -0.15) is 0 Å². The molecular formula is C38H47N5O5. The predicted molar refractivity (Wildman–Crippen MR) is 186 cm³/mol. The Labute approximate surface area is 283 Å². The molecule has 10 heteroatoms. The van der Waals surface area contributed by atoms with Crippen LogP contribution in [-0.2, 0) is 27.3 Å². The summed E-state index contributed by atoms with van der Waals surface area (Å²) in [7, 11) is 0. The molecule has 0 aliphatic heterocycles. The van der Waals surface area contributed by atoms with Crippen LogP contribution < -0.4 is 11.1 Å². The summed E-state index contributed by atoms with van der Waals surface area (Å²) >= 11 is 0. The Kier molecular flexibility index (Phi) is 11.8. The number of amides is 3. The van der Waals surface area contributed by atoms with E-state index >= 15 is 0 Å². The number of aromatic nitrogens is 2. The molecule has 0 aliphatic carbocycles. The first kappa shape index (κ1) is 35.9. The number of aromatic amines is 1. The molecule has 1 aromatic heterocycles. The zero-order valence-corrected chi connectivity index (χ0v) is 28.9. The van der Waals surface area contributed by atoms with Crippen LogP contribution in [0, 0.1) is 13.8 Å². The number of carbonyl (C=O) groups excluding carboxylic acids is 3. The molecule has 4 aromatic rings. The van der Waals surface area contributed by atoms with Gasteiger partial charge in [-0.25, -0.2) is 9.78 Å². The molecule has 0 saturated heterocycles. The number of H-pyrrole nitrogens is 1. The van der Waals surface area contributed by atoms with Crippen LogP contribution in [0.3, 0.4) is 0 Å². The van der Waals surface area contributed by atoms with E-state index in [1.54, 1.807) is 44.0 Å². The molecule has 48 heavy (non-hydrogen) atoms. The van der Waals surface area contributed by atoms with Crippen LogP contribution in [-0.4, -0.2) is 57.1 Å². The van der Waals surface area contributed by atoms with Gasteiger partial charge in [0.15, 0.2) is 0 Å². The highest BCUT2D eigenvalue weighted by Crippen LogP contribution is 2.28. The molecule has 0 saturated carbocycles. The molecule has 1 heterocycles. The second-order valence-electron chi connectivity index (χ2n) is 13.3. The molecule has 0 aliphatic rings. The van der Waals surface area contributed by atoms with Crippen molar-refractivity contribution in [3.05, 3.63) is 113 Å². The number of nitrogens with two attached hydrogens (primary N) is 1. The number of rotatable bonds is 13. The molecule has 0 spiro atoms. The van der Waals surface area contributed by atoms with E-state index in [9.17, 15) is 14.4 Å². The molecule has 3 amide bonds. The number of ether oxygens (including phenoxy) is 2. The van der Waals surface area contributed by atoms with E-state index < -0.39 is 29.7 Å². The minimum Gasteiger partial charge on any atom is -0.444 e. The summed E-state index contributed by atoms with van der Waals surface area (Å²) in [5, 5.41) is 2.85. The van der Waals surface area contributed by atoms with E-state index in [4.69, 9.17) is 20.2 Å². The fraction of sp³-hybridized carbons (Fsp3) is 0.368. The Hall–Kier alpha value is -4.96. The number of alkyl carbamates (subject to hydrolysis) is 1. The molecule has 2 atom stereocenters. The van der Waals surface area contributed by atoms with Crippen LogP contribution in [0.1, 0.15) is 79.1 Å². The maximum absolute atomic E-state index is 14.8. The molecule has 0 bridgehead atoms. The Morgan fingerprint density at radius 3 is 2.12 bits per heavy atom. The number of hydrogen-bond acceptors (Lipinski definition) is 6. The minimum absolute atomic E-state index is 0.144. The first-order chi connectivity index (χ1) is 22.7. The number of nitrogens with one attached hydrogen (secondary N) is 2. The molecule has 0 fully saturated rings. The summed E-state index contributed by atoms with van der Waals surface area (Å²) in [6.45, 7) is 13.3. The van der Waals surface area contributed by atoms with Gasteiger partial charge in [0.2, 0.25) is 11.8 Å². The molecule has 4 rings (SSSR count). The highest BCUT2D eigenvalue weighted by atomic mass is 16.6. The number of hydrogen-bond donors (Lipinski definition) is 3. The number of aryl methyl sites for hydroxylation is 2. The normalized spacial score (nSPS) is 12.8. The van der Waals surface area contributed by atoms with Crippen LogP contribution in [0.15, 0.2) is 79.0 Å². The summed E-state index contributed by atoms with van der Waals surface area (Å²) in [5.41, 5.74) is 10.3. The van der Waals surface area contributed by atoms with Gasteiger partial charge in [0, 0.05) is 18.0 Å². The van der Waals surface area contributed by atoms with Crippen LogP contribution in [0.25, 0.3) is 11.3 Å². The number of primary amides is 1. The fourth-order valence-electron chi connectivity index (χ4n) is 5.68. The quantitative estimate of drug-likeness (QED) is 0.152. The van der Waals surface area contributed by atoms with E-state index in [1.165, 1.54) is 0 Å². The number of nitrogens with zero attached hydrogens (tertiary/aromatic N) is 2. The Bertz CT molecular complexity index is 1670. The van der Waals surface area contributed by atoms with E-state index in [0.717, 1.165) is 33.5 Å². The molecule has 254 valence electrons. The van der Waals surface area contributed by atoms with Crippen molar-refractivity contribution >= 4 is 17.9 Å². The van der Waals surface area contributed by atoms with Gasteiger partial charge in [-0.05, 0) is 88.4 Å². The van der Waals surface area contributed by atoms with E-state index in [1.807, 2.05) is 88.4 Å². The third-order valence-corrected chi connectivity index (χ3v) is 7.91. The third kappa shape index (κ3) is 9.54. The summed E-state index contributed by atoms with van der Waals surface area (Å²) in [6.07, 6.45) is 1.19. The van der Waals surface area contributed by atoms with Crippen molar-refractivity contribution in [3.8, 4) is 11.3 Å². The number of benzene rings is 3. The smallest absolute Gasteiger partial charge is 0.408 e. The van der Waals surface area contributed by atoms with Crippen molar-refractivity contribution in [2.24, 2.45) is 5.73 Å². The molecule has 0 unspecified atom stereocenters. The van der Waals surface area contributed by atoms with Gasteiger partial charge >= 0.3 is 6.09 Å². The van der Waals surface area contributed by atoms with Crippen molar-refractivity contribution in [2.45, 2.75) is 85.2 Å². The van der Waals surface area contributed by atoms with E-state index in [-0.39, 0.29) is 25.0 Å². The lowest BCUT2D eigenvalue weighted by Crippen LogP contribution is -2.54. The van der Waals surface area contributed by atoms with Crippen LogP contribution in [0.5, 0.6) is 0 Å². The molecule has 3 aromatic carbocycles. The van der Waals surface area contributed by atoms with Crippen molar-refractivity contribution in [3.63, 3.8) is 0 Å². The summed E-state index contributed by atoms with van der Waals surface area (Å²) in [6, 6.07) is 21.1. The monoisotopic (exact) mass is 653 g/mol.